The molecule has 0 unspecified atom stereocenters. The van der Waals surface area contributed by atoms with Gasteiger partial charge in [-0.15, -0.1) is 12.4 Å². The molecule has 14 heteroatoms. The number of hydrogen-bond donors (Lipinski definition) is 4. The van der Waals surface area contributed by atoms with Crippen LogP contribution in [0.25, 0.3) is 0 Å². The molecule has 0 saturated carbocycles. The van der Waals surface area contributed by atoms with Gasteiger partial charge < -0.3 is 36.6 Å². The second-order valence-electron chi connectivity index (χ2n) is 9.02. The van der Waals surface area contributed by atoms with Gasteiger partial charge in [-0.1, -0.05) is 0 Å². The third-order valence-corrected chi connectivity index (χ3v) is 6.01. The molecule has 2 aromatic heterocycles. The minimum absolute atomic E-state index is 0. The topological polar surface area (TPSA) is 154 Å². The molecule has 2 aliphatic rings. The molecule has 11 nitrogen and oxygen atoms in total. The van der Waals surface area contributed by atoms with Crippen LogP contribution in [0.15, 0.2) is 36.7 Å². The van der Waals surface area contributed by atoms with Gasteiger partial charge in [0.15, 0.2) is 0 Å². The van der Waals surface area contributed by atoms with Crippen molar-refractivity contribution in [2.45, 2.75) is 24.9 Å². The molecule has 4 rings (SSSR count). The summed E-state index contributed by atoms with van der Waals surface area (Å²) in [6.07, 6.45) is 5.10. The SMILES string of the molecule is CN(C)[C@H]1CCN(C(=O)c2ccc(N)nc2)C1.CN(C)[C@H]1CCNC1.Cl.Nc1ccc(C(=O)O)cn1.S.S. The van der Waals surface area contributed by atoms with Gasteiger partial charge in [-0.25, -0.2) is 14.8 Å². The Bertz CT molecular complexity index is 947. The van der Waals surface area contributed by atoms with Crippen LogP contribution in [0, 0.1) is 0 Å². The van der Waals surface area contributed by atoms with Crippen molar-refractivity contribution in [2.75, 3.05) is 65.8 Å². The number of likely N-dealkylation sites (N-methyl/N-ethyl adjacent to an activating group) is 2. The van der Waals surface area contributed by atoms with E-state index >= 15 is 0 Å². The van der Waals surface area contributed by atoms with E-state index in [1.165, 1.54) is 37.8 Å². The van der Waals surface area contributed by atoms with Crippen LogP contribution in [0.1, 0.15) is 33.6 Å². The Kier molecular flexibility index (Phi) is 18.8. The van der Waals surface area contributed by atoms with E-state index in [2.05, 4.69) is 39.2 Å². The molecule has 6 N–H and O–H groups in total. The largest absolute Gasteiger partial charge is 0.478 e. The summed E-state index contributed by atoms with van der Waals surface area (Å²) in [6, 6.07) is 7.49. The predicted molar refractivity (Wildman–Crippen MR) is 165 cm³/mol. The zero-order chi connectivity index (χ0) is 26.0. The number of pyridine rings is 2. The number of nitrogens with one attached hydrogen (secondary N) is 1. The first kappa shape index (κ1) is 37.9. The fourth-order valence-corrected chi connectivity index (χ4v) is 3.67. The summed E-state index contributed by atoms with van der Waals surface area (Å²) in [5.41, 5.74) is 11.5. The maximum atomic E-state index is 12.2. The number of hydrogen-bond acceptors (Lipinski definition) is 9. The van der Waals surface area contributed by atoms with Crippen molar-refractivity contribution in [1.29, 1.82) is 0 Å². The van der Waals surface area contributed by atoms with Gasteiger partial charge in [-0.3, -0.25) is 4.79 Å². The van der Waals surface area contributed by atoms with Crippen molar-refractivity contribution in [1.82, 2.24) is 30.0 Å². The molecular weight excluding hydrogens is 548 g/mol. The fraction of sp³-hybridized carbons (Fsp3) is 0.500. The van der Waals surface area contributed by atoms with Gasteiger partial charge in [0, 0.05) is 44.1 Å². The van der Waals surface area contributed by atoms with Gasteiger partial charge in [-0.2, -0.15) is 27.0 Å². The highest BCUT2D eigenvalue weighted by molar-refractivity contribution is 7.59. The third kappa shape index (κ3) is 12.5. The molecule has 0 radical (unpaired) electrons. The lowest BCUT2D eigenvalue weighted by molar-refractivity contribution is 0.0695. The molecule has 2 fully saturated rings. The van der Waals surface area contributed by atoms with Crippen LogP contribution in [-0.4, -0.2) is 108 Å². The molecule has 0 bridgehead atoms. The van der Waals surface area contributed by atoms with E-state index in [0.29, 0.717) is 23.2 Å². The van der Waals surface area contributed by atoms with Gasteiger partial charge in [-0.05, 0) is 71.8 Å². The quantitative estimate of drug-likeness (QED) is 0.410. The van der Waals surface area contributed by atoms with E-state index in [1.807, 2.05) is 19.0 Å². The molecule has 0 aromatic carbocycles. The Hall–Kier alpha value is -2.29. The Labute approximate surface area is 245 Å². The number of amides is 1. The van der Waals surface area contributed by atoms with E-state index in [9.17, 15) is 9.59 Å². The van der Waals surface area contributed by atoms with Crippen molar-refractivity contribution >= 4 is 62.9 Å². The van der Waals surface area contributed by atoms with E-state index in [4.69, 9.17) is 16.6 Å². The molecule has 0 aliphatic carbocycles. The Balaban J connectivity index is 0. The molecule has 1 amide bonds. The van der Waals surface area contributed by atoms with Crippen molar-refractivity contribution in [2.24, 2.45) is 0 Å². The number of nitrogens with two attached hydrogens (primary N) is 2. The summed E-state index contributed by atoms with van der Waals surface area (Å²) < 4.78 is 0. The van der Waals surface area contributed by atoms with Crippen LogP contribution in [0.4, 0.5) is 11.6 Å². The van der Waals surface area contributed by atoms with Gasteiger partial charge in [0.2, 0.25) is 0 Å². The number of nitrogen functional groups attached to an aromatic ring is 2. The normalized spacial score (nSPS) is 17.6. The monoisotopic (exact) mass is 590 g/mol. The van der Waals surface area contributed by atoms with Gasteiger partial charge in [0.1, 0.15) is 11.6 Å². The molecule has 216 valence electrons. The average molecular weight is 591 g/mol. The highest BCUT2D eigenvalue weighted by Crippen LogP contribution is 2.16. The predicted octanol–water partition coefficient (Wildman–Crippen LogP) is 1.36. The zero-order valence-electron chi connectivity index (χ0n) is 22.4. The number of carboxylic acids is 1. The van der Waals surface area contributed by atoms with Crippen LogP contribution in [0.2, 0.25) is 0 Å². The highest BCUT2D eigenvalue weighted by Gasteiger charge is 2.28. The third-order valence-electron chi connectivity index (χ3n) is 6.01. The summed E-state index contributed by atoms with van der Waals surface area (Å²) >= 11 is 0. The first-order chi connectivity index (χ1) is 16.6. The molecule has 2 aromatic rings. The average Bonchev–Trinajstić information content (AvgIpc) is 3.53. The van der Waals surface area contributed by atoms with E-state index in [0.717, 1.165) is 25.6 Å². The maximum Gasteiger partial charge on any atom is 0.337 e. The molecule has 38 heavy (non-hydrogen) atoms. The Morgan fingerprint density at radius 1 is 0.921 bits per heavy atom. The number of rotatable bonds is 4. The standard InChI is InChI=1S/C12H18N4O.C6H6N2O2.C6H14N2.ClH.2H2S/c1-15(2)10-5-6-16(8-10)12(17)9-3-4-11(13)14-7-9;7-5-2-1-4(3-8-5)6(9)10;1-8(2)6-3-4-7-5-6;;;/h3-4,7,10H,5-6,8H2,1-2H3,(H2,13,14);1-3H,(H2,7,8)(H,9,10);6-7H,3-5H2,1-2H3;1H;2*1H2/t10-;;6-;;;/m0.0.../s1. The highest BCUT2D eigenvalue weighted by atomic mass is 35.5. The molecule has 2 saturated heterocycles. The Morgan fingerprint density at radius 2 is 1.45 bits per heavy atom. The van der Waals surface area contributed by atoms with Crippen molar-refractivity contribution in [3.8, 4) is 0 Å². The summed E-state index contributed by atoms with van der Waals surface area (Å²) in [6.45, 7) is 3.97. The number of likely N-dealkylation sites (tertiary alicyclic amines) is 1. The summed E-state index contributed by atoms with van der Waals surface area (Å²) in [5.74, 6) is -0.187. The minimum Gasteiger partial charge on any atom is -0.478 e. The van der Waals surface area contributed by atoms with Crippen molar-refractivity contribution in [3.63, 3.8) is 0 Å². The van der Waals surface area contributed by atoms with E-state index in [-0.39, 0.29) is 50.9 Å². The molecule has 2 aliphatic heterocycles. The summed E-state index contributed by atoms with van der Waals surface area (Å²) in [7, 11) is 8.36. The van der Waals surface area contributed by atoms with E-state index in [1.54, 1.807) is 18.3 Å². The number of nitrogens with zero attached hydrogens (tertiary/aromatic N) is 5. The molecule has 4 heterocycles. The number of halogens is 1. The van der Waals surface area contributed by atoms with Gasteiger partial charge in [0.05, 0.1) is 11.1 Å². The van der Waals surface area contributed by atoms with Crippen LogP contribution in [0.3, 0.4) is 0 Å². The smallest absolute Gasteiger partial charge is 0.337 e. The van der Waals surface area contributed by atoms with Crippen molar-refractivity contribution < 1.29 is 14.7 Å². The zero-order valence-corrected chi connectivity index (χ0v) is 25.2. The fourth-order valence-electron chi connectivity index (χ4n) is 3.67. The first-order valence-corrected chi connectivity index (χ1v) is 11.6. The molecular formula is C24H43ClN8O3S2. The maximum absolute atomic E-state index is 12.2. The number of carbonyl (C=O) groups excluding carboxylic acids is 1. The van der Waals surface area contributed by atoms with Crippen molar-refractivity contribution in [3.05, 3.63) is 47.8 Å². The second-order valence-corrected chi connectivity index (χ2v) is 9.02. The summed E-state index contributed by atoms with van der Waals surface area (Å²) in [4.78, 5) is 36.2. The van der Waals surface area contributed by atoms with Gasteiger partial charge >= 0.3 is 5.97 Å². The molecule has 0 spiro atoms. The molecule has 2 atom stereocenters. The Morgan fingerprint density at radius 3 is 1.79 bits per heavy atom. The van der Waals surface area contributed by atoms with Crippen LogP contribution >= 0.6 is 39.4 Å². The lowest BCUT2D eigenvalue weighted by Gasteiger charge is -2.20. The number of aromatic nitrogens is 2. The lowest BCUT2D eigenvalue weighted by atomic mass is 10.2. The number of carbonyl (C=O) groups is 2. The number of aromatic carboxylic acids is 1. The lowest BCUT2D eigenvalue weighted by Crippen LogP contribution is -2.34. The first-order valence-electron chi connectivity index (χ1n) is 11.6. The number of carboxylic acid groups (broad SMARTS) is 1. The number of anilines is 2. The van der Waals surface area contributed by atoms with E-state index < -0.39 is 5.97 Å². The minimum atomic E-state index is -0.993. The van der Waals surface area contributed by atoms with Crippen LogP contribution < -0.4 is 16.8 Å². The summed E-state index contributed by atoms with van der Waals surface area (Å²) in [5, 5.41) is 11.7. The van der Waals surface area contributed by atoms with Crippen LogP contribution in [0.5, 0.6) is 0 Å². The van der Waals surface area contributed by atoms with Crippen LogP contribution in [-0.2, 0) is 0 Å². The second kappa shape index (κ2) is 18.9. The van der Waals surface area contributed by atoms with Gasteiger partial charge in [0.25, 0.3) is 5.91 Å².